The first kappa shape index (κ1) is 17.2. The van der Waals surface area contributed by atoms with Gasteiger partial charge in [-0.3, -0.25) is 4.40 Å². The SMILES string of the molecule is C[Si](C)(C)C#Cc1ncn2ccc(-c3ccc(C(F)(F)F)cc3)nc12. The standard InChI is InChI=1S/C18H16F3N3Si/c1-25(2,3)11-9-16-17-23-15(8-10-24(17)12-22-16)13-4-6-14(7-5-13)18(19,20)21/h4-8,10,12H,1-3H3. The van der Waals surface area contributed by atoms with Gasteiger partial charge in [0.25, 0.3) is 0 Å². The van der Waals surface area contributed by atoms with Crippen molar-refractivity contribution in [2.24, 2.45) is 0 Å². The quantitative estimate of drug-likeness (QED) is 0.468. The average Bonchev–Trinajstić information content (AvgIpc) is 2.94. The molecule has 0 unspecified atom stereocenters. The summed E-state index contributed by atoms with van der Waals surface area (Å²) < 4.78 is 39.8. The zero-order valence-electron chi connectivity index (χ0n) is 14.0. The third kappa shape index (κ3) is 3.91. The summed E-state index contributed by atoms with van der Waals surface area (Å²) >= 11 is 0. The Hall–Kier alpha value is -2.59. The van der Waals surface area contributed by atoms with E-state index >= 15 is 0 Å². The van der Waals surface area contributed by atoms with E-state index < -0.39 is 19.8 Å². The molecule has 25 heavy (non-hydrogen) atoms. The number of hydrogen-bond donors (Lipinski definition) is 0. The molecule has 128 valence electrons. The van der Waals surface area contributed by atoms with E-state index in [9.17, 15) is 13.2 Å². The van der Waals surface area contributed by atoms with Crippen LogP contribution >= 0.6 is 0 Å². The molecule has 0 bridgehead atoms. The minimum absolute atomic E-state index is 0.580. The number of alkyl halides is 3. The fourth-order valence-corrected chi connectivity index (χ4v) is 2.70. The molecule has 0 radical (unpaired) electrons. The van der Waals surface area contributed by atoms with Crippen molar-refractivity contribution in [2.75, 3.05) is 0 Å². The Labute approximate surface area is 144 Å². The Balaban J connectivity index is 2.02. The summed E-state index contributed by atoms with van der Waals surface area (Å²) in [6.07, 6.45) is -0.934. The molecular formula is C18H16F3N3Si. The fraction of sp³-hybridized carbons (Fsp3) is 0.222. The van der Waals surface area contributed by atoms with Gasteiger partial charge in [0.15, 0.2) is 11.3 Å². The van der Waals surface area contributed by atoms with E-state index in [1.165, 1.54) is 12.1 Å². The second-order valence-corrected chi connectivity index (χ2v) is 11.5. The predicted octanol–water partition coefficient (Wildman–Crippen LogP) is 4.64. The lowest BCUT2D eigenvalue weighted by atomic mass is 10.1. The largest absolute Gasteiger partial charge is 0.416 e. The number of hydrogen-bond acceptors (Lipinski definition) is 2. The maximum absolute atomic E-state index is 12.7. The first-order valence-electron chi connectivity index (χ1n) is 7.68. The monoisotopic (exact) mass is 359 g/mol. The van der Waals surface area contributed by atoms with Gasteiger partial charge >= 0.3 is 6.18 Å². The highest BCUT2D eigenvalue weighted by molar-refractivity contribution is 6.83. The highest BCUT2D eigenvalue weighted by Gasteiger charge is 2.30. The van der Waals surface area contributed by atoms with E-state index in [0.29, 0.717) is 22.6 Å². The van der Waals surface area contributed by atoms with Gasteiger partial charge in [-0.1, -0.05) is 37.7 Å². The van der Waals surface area contributed by atoms with Crippen LogP contribution in [0, 0.1) is 11.5 Å². The molecule has 2 heterocycles. The molecule has 0 aliphatic rings. The van der Waals surface area contributed by atoms with E-state index in [-0.39, 0.29) is 0 Å². The van der Waals surface area contributed by atoms with Gasteiger partial charge in [0.1, 0.15) is 14.4 Å². The Morgan fingerprint density at radius 3 is 2.32 bits per heavy atom. The second-order valence-electron chi connectivity index (χ2n) is 6.71. The number of fused-ring (bicyclic) bond motifs is 1. The summed E-state index contributed by atoms with van der Waals surface area (Å²) in [7, 11) is -1.55. The number of benzene rings is 1. The molecule has 0 atom stereocenters. The number of aromatic nitrogens is 3. The second kappa shape index (κ2) is 6.04. The van der Waals surface area contributed by atoms with Gasteiger partial charge in [0, 0.05) is 11.8 Å². The van der Waals surface area contributed by atoms with Crippen LogP contribution < -0.4 is 0 Å². The first-order valence-corrected chi connectivity index (χ1v) is 11.2. The van der Waals surface area contributed by atoms with Gasteiger partial charge in [0.2, 0.25) is 0 Å². The molecular weight excluding hydrogens is 343 g/mol. The summed E-state index contributed by atoms with van der Waals surface area (Å²) in [5.74, 6) is 3.08. The summed E-state index contributed by atoms with van der Waals surface area (Å²) in [5.41, 5.74) is 4.94. The van der Waals surface area contributed by atoms with E-state index in [1.807, 2.05) is 0 Å². The van der Waals surface area contributed by atoms with Gasteiger partial charge in [-0.25, -0.2) is 9.97 Å². The van der Waals surface area contributed by atoms with Crippen LogP contribution in [0.25, 0.3) is 16.9 Å². The molecule has 0 aliphatic heterocycles. The molecule has 3 rings (SSSR count). The number of halogens is 3. The molecule has 0 saturated carbocycles. The highest BCUT2D eigenvalue weighted by Crippen LogP contribution is 2.30. The first-order chi connectivity index (χ1) is 11.6. The van der Waals surface area contributed by atoms with Crippen LogP contribution in [0.3, 0.4) is 0 Å². The van der Waals surface area contributed by atoms with Crippen LogP contribution in [0.4, 0.5) is 13.2 Å². The molecule has 0 fully saturated rings. The van der Waals surface area contributed by atoms with E-state index in [2.05, 4.69) is 41.1 Å². The van der Waals surface area contributed by atoms with E-state index in [4.69, 9.17) is 0 Å². The Bertz CT molecular complexity index is 971. The van der Waals surface area contributed by atoms with Crippen molar-refractivity contribution in [2.45, 2.75) is 25.8 Å². The molecule has 3 aromatic rings. The minimum Gasteiger partial charge on any atom is -0.290 e. The molecule has 0 spiro atoms. The number of imidazole rings is 1. The maximum atomic E-state index is 12.7. The highest BCUT2D eigenvalue weighted by atomic mass is 28.3. The molecule has 3 nitrogen and oxygen atoms in total. The van der Waals surface area contributed by atoms with Crippen LogP contribution in [-0.2, 0) is 6.18 Å². The van der Waals surface area contributed by atoms with Gasteiger partial charge in [-0.05, 0) is 18.2 Å². The van der Waals surface area contributed by atoms with Gasteiger partial charge < -0.3 is 0 Å². The van der Waals surface area contributed by atoms with Crippen molar-refractivity contribution < 1.29 is 13.2 Å². The lowest BCUT2D eigenvalue weighted by Gasteiger charge is -2.07. The average molecular weight is 359 g/mol. The van der Waals surface area contributed by atoms with Gasteiger partial charge in [0.05, 0.1) is 11.3 Å². The van der Waals surface area contributed by atoms with Crippen LogP contribution in [0.15, 0.2) is 42.9 Å². The Morgan fingerprint density at radius 1 is 1.04 bits per heavy atom. The molecule has 0 amide bonds. The maximum Gasteiger partial charge on any atom is 0.416 e. The van der Waals surface area contributed by atoms with Crippen LogP contribution in [0.1, 0.15) is 11.3 Å². The molecule has 0 saturated heterocycles. The smallest absolute Gasteiger partial charge is 0.290 e. The zero-order chi connectivity index (χ0) is 18.2. The van der Waals surface area contributed by atoms with Crippen molar-refractivity contribution in [3.05, 3.63) is 54.1 Å². The predicted molar refractivity (Wildman–Crippen MR) is 93.6 cm³/mol. The van der Waals surface area contributed by atoms with Crippen LogP contribution in [-0.4, -0.2) is 22.4 Å². The van der Waals surface area contributed by atoms with Crippen molar-refractivity contribution in [3.8, 4) is 22.7 Å². The lowest BCUT2D eigenvalue weighted by Crippen LogP contribution is -2.16. The van der Waals surface area contributed by atoms with Crippen molar-refractivity contribution in [1.29, 1.82) is 0 Å². The summed E-state index contributed by atoms with van der Waals surface area (Å²) in [6, 6.07) is 6.71. The van der Waals surface area contributed by atoms with E-state index in [0.717, 1.165) is 12.1 Å². The molecule has 1 aromatic carbocycles. The molecule has 2 aromatic heterocycles. The van der Waals surface area contributed by atoms with Crippen LogP contribution in [0.5, 0.6) is 0 Å². The normalized spacial score (nSPS) is 12.1. The van der Waals surface area contributed by atoms with Crippen LogP contribution in [0.2, 0.25) is 19.6 Å². The number of rotatable bonds is 1. The Kier molecular flexibility index (Phi) is 4.17. The van der Waals surface area contributed by atoms with E-state index in [1.54, 1.807) is 23.0 Å². The van der Waals surface area contributed by atoms with Gasteiger partial charge in [-0.2, -0.15) is 13.2 Å². The van der Waals surface area contributed by atoms with Crippen molar-refractivity contribution in [3.63, 3.8) is 0 Å². The van der Waals surface area contributed by atoms with Crippen molar-refractivity contribution >= 4 is 13.7 Å². The third-order valence-electron chi connectivity index (χ3n) is 3.45. The van der Waals surface area contributed by atoms with Gasteiger partial charge in [-0.15, -0.1) is 5.54 Å². The molecule has 0 N–H and O–H groups in total. The topological polar surface area (TPSA) is 30.2 Å². The third-order valence-corrected chi connectivity index (χ3v) is 4.33. The molecule has 0 aliphatic carbocycles. The zero-order valence-corrected chi connectivity index (χ0v) is 15.0. The minimum atomic E-state index is -4.35. The molecule has 7 heteroatoms. The summed E-state index contributed by atoms with van der Waals surface area (Å²) in [4.78, 5) is 8.81. The lowest BCUT2D eigenvalue weighted by molar-refractivity contribution is -0.137. The fourth-order valence-electron chi connectivity index (χ4n) is 2.20. The van der Waals surface area contributed by atoms with Crippen molar-refractivity contribution in [1.82, 2.24) is 14.4 Å². The summed E-state index contributed by atoms with van der Waals surface area (Å²) in [6.45, 7) is 6.41. The Morgan fingerprint density at radius 2 is 1.72 bits per heavy atom. The number of nitrogens with zero attached hydrogens (tertiary/aromatic N) is 3. The summed E-state index contributed by atoms with van der Waals surface area (Å²) in [5, 5.41) is 0.